The maximum atomic E-state index is 12.4. The van der Waals surface area contributed by atoms with Gasteiger partial charge in [-0.2, -0.15) is 10.2 Å². The Morgan fingerprint density at radius 2 is 1.90 bits per heavy atom. The predicted molar refractivity (Wildman–Crippen MR) is 76.0 cm³/mol. The van der Waals surface area contributed by atoms with Gasteiger partial charge in [0.05, 0.1) is 17.9 Å². The van der Waals surface area contributed by atoms with Crippen molar-refractivity contribution in [1.29, 1.82) is 0 Å². The van der Waals surface area contributed by atoms with Crippen LogP contribution in [0.5, 0.6) is 0 Å². The van der Waals surface area contributed by atoms with E-state index in [0.29, 0.717) is 19.1 Å². The lowest BCUT2D eigenvalue weighted by Gasteiger charge is -2.14. The van der Waals surface area contributed by atoms with Crippen molar-refractivity contribution in [3.63, 3.8) is 0 Å². The zero-order valence-corrected chi connectivity index (χ0v) is 12.1. The number of nitrogens with zero attached hydrogens (tertiary/aromatic N) is 4. The first-order valence-corrected chi connectivity index (χ1v) is 7.06. The van der Waals surface area contributed by atoms with Crippen molar-refractivity contribution >= 4 is 0 Å². The number of rotatable bonds is 8. The molecule has 2 rings (SSSR count). The lowest BCUT2D eigenvalue weighted by molar-refractivity contribution is 0.415. The van der Waals surface area contributed by atoms with Gasteiger partial charge < -0.3 is 5.32 Å². The quantitative estimate of drug-likeness (QED) is 0.806. The molecule has 0 aromatic carbocycles. The van der Waals surface area contributed by atoms with Crippen LogP contribution >= 0.6 is 0 Å². The molecule has 2 aromatic rings. The molecule has 2 aromatic heterocycles. The zero-order chi connectivity index (χ0) is 14.4. The third kappa shape index (κ3) is 3.45. The molecule has 0 aliphatic rings. The van der Waals surface area contributed by atoms with Crippen LogP contribution in [0, 0.1) is 0 Å². The monoisotopic (exact) mass is 279 g/mol. The van der Waals surface area contributed by atoms with E-state index in [4.69, 9.17) is 0 Å². The van der Waals surface area contributed by atoms with Gasteiger partial charge in [0.1, 0.15) is 6.67 Å². The SMILES string of the molecule is CC[C@H](C)n1nccc1CNCc1ccnn1CCF. The third-order valence-electron chi connectivity index (χ3n) is 3.47. The van der Waals surface area contributed by atoms with Crippen LogP contribution in [-0.4, -0.2) is 26.2 Å². The van der Waals surface area contributed by atoms with E-state index in [-0.39, 0.29) is 0 Å². The molecule has 1 atom stereocenters. The first kappa shape index (κ1) is 14.7. The molecule has 0 bridgehead atoms. The minimum absolute atomic E-state index is 0.314. The van der Waals surface area contributed by atoms with Gasteiger partial charge >= 0.3 is 0 Å². The summed E-state index contributed by atoms with van der Waals surface area (Å²) < 4.78 is 16.1. The van der Waals surface area contributed by atoms with Crippen LogP contribution in [0.15, 0.2) is 24.5 Å². The average Bonchev–Trinajstić information content (AvgIpc) is 3.08. The molecule has 110 valence electrons. The topological polar surface area (TPSA) is 47.7 Å². The van der Waals surface area contributed by atoms with Crippen LogP contribution in [0.2, 0.25) is 0 Å². The number of aromatic nitrogens is 4. The molecule has 6 heteroatoms. The summed E-state index contributed by atoms with van der Waals surface area (Å²) in [6.07, 6.45) is 4.59. The maximum Gasteiger partial charge on any atom is 0.109 e. The number of aryl methyl sites for hydroxylation is 1. The van der Waals surface area contributed by atoms with E-state index in [0.717, 1.165) is 24.4 Å². The molecule has 0 fully saturated rings. The van der Waals surface area contributed by atoms with Crippen molar-refractivity contribution in [2.45, 2.75) is 45.9 Å². The van der Waals surface area contributed by atoms with Gasteiger partial charge in [0.2, 0.25) is 0 Å². The summed E-state index contributed by atoms with van der Waals surface area (Å²) in [6, 6.07) is 4.34. The Labute approximate surface area is 118 Å². The molecule has 5 nitrogen and oxygen atoms in total. The van der Waals surface area contributed by atoms with Crippen molar-refractivity contribution in [3.8, 4) is 0 Å². The Hall–Kier alpha value is -1.69. The Morgan fingerprint density at radius 3 is 2.65 bits per heavy atom. The number of nitrogens with one attached hydrogen (secondary N) is 1. The summed E-state index contributed by atoms with van der Waals surface area (Å²) in [6.45, 7) is 5.65. The van der Waals surface area contributed by atoms with E-state index in [1.54, 1.807) is 10.9 Å². The van der Waals surface area contributed by atoms with Crippen molar-refractivity contribution < 1.29 is 4.39 Å². The van der Waals surface area contributed by atoms with E-state index >= 15 is 0 Å². The molecule has 20 heavy (non-hydrogen) atoms. The summed E-state index contributed by atoms with van der Waals surface area (Å²) in [5, 5.41) is 11.8. The van der Waals surface area contributed by atoms with Gasteiger partial charge in [0, 0.05) is 31.5 Å². The highest BCUT2D eigenvalue weighted by atomic mass is 19.1. The van der Waals surface area contributed by atoms with Crippen molar-refractivity contribution in [1.82, 2.24) is 24.9 Å². The maximum absolute atomic E-state index is 12.4. The molecule has 0 amide bonds. The minimum Gasteiger partial charge on any atom is -0.306 e. The van der Waals surface area contributed by atoms with Gasteiger partial charge in [-0.25, -0.2) is 4.39 Å². The second-order valence-electron chi connectivity index (χ2n) is 4.86. The molecular weight excluding hydrogens is 257 g/mol. The Bertz CT molecular complexity index is 519. The standard InChI is InChI=1S/C14H22FN5/c1-3-12(2)20-14(5-8-18-20)11-16-10-13-4-7-17-19(13)9-6-15/h4-5,7-8,12,16H,3,6,9-11H2,1-2H3/t12-/m0/s1. The smallest absolute Gasteiger partial charge is 0.109 e. The summed E-state index contributed by atoms with van der Waals surface area (Å²) in [4.78, 5) is 0. The highest BCUT2D eigenvalue weighted by Gasteiger charge is 2.08. The first-order chi connectivity index (χ1) is 9.76. The highest BCUT2D eigenvalue weighted by Crippen LogP contribution is 2.12. The fourth-order valence-electron chi connectivity index (χ4n) is 2.16. The average molecular weight is 279 g/mol. The summed E-state index contributed by atoms with van der Waals surface area (Å²) in [5.74, 6) is 0. The van der Waals surface area contributed by atoms with E-state index < -0.39 is 6.67 Å². The number of hydrogen-bond acceptors (Lipinski definition) is 3. The fourth-order valence-corrected chi connectivity index (χ4v) is 2.16. The number of halogens is 1. The predicted octanol–water partition coefficient (Wildman–Crippen LogP) is 2.31. The third-order valence-corrected chi connectivity index (χ3v) is 3.47. The van der Waals surface area contributed by atoms with E-state index in [1.807, 2.05) is 23.0 Å². The fraction of sp³-hybridized carbons (Fsp3) is 0.571. The Morgan fingerprint density at radius 1 is 1.20 bits per heavy atom. The number of hydrogen-bond donors (Lipinski definition) is 1. The highest BCUT2D eigenvalue weighted by molar-refractivity contribution is 5.03. The molecule has 0 radical (unpaired) electrons. The zero-order valence-electron chi connectivity index (χ0n) is 12.1. The van der Waals surface area contributed by atoms with Gasteiger partial charge in [-0.1, -0.05) is 6.92 Å². The molecule has 0 aliphatic carbocycles. The van der Waals surface area contributed by atoms with Crippen LogP contribution in [-0.2, 0) is 19.6 Å². The summed E-state index contributed by atoms with van der Waals surface area (Å²) in [7, 11) is 0. The number of alkyl halides is 1. The Kier molecular flexibility index (Phi) is 5.29. The lowest BCUT2D eigenvalue weighted by atomic mass is 10.2. The van der Waals surface area contributed by atoms with Crippen molar-refractivity contribution in [2.75, 3.05) is 6.67 Å². The molecule has 1 N–H and O–H groups in total. The largest absolute Gasteiger partial charge is 0.306 e. The lowest BCUT2D eigenvalue weighted by Crippen LogP contribution is -2.20. The summed E-state index contributed by atoms with van der Waals surface area (Å²) >= 11 is 0. The van der Waals surface area contributed by atoms with Gasteiger partial charge in [0.25, 0.3) is 0 Å². The van der Waals surface area contributed by atoms with Crippen LogP contribution in [0.4, 0.5) is 4.39 Å². The van der Waals surface area contributed by atoms with Crippen molar-refractivity contribution in [2.24, 2.45) is 0 Å². The van der Waals surface area contributed by atoms with E-state index in [2.05, 4.69) is 29.4 Å². The van der Waals surface area contributed by atoms with Crippen molar-refractivity contribution in [3.05, 3.63) is 35.9 Å². The molecule has 0 unspecified atom stereocenters. The second-order valence-corrected chi connectivity index (χ2v) is 4.86. The van der Waals surface area contributed by atoms with Crippen LogP contribution < -0.4 is 5.32 Å². The molecule has 2 heterocycles. The Balaban J connectivity index is 1.90. The molecule has 0 saturated carbocycles. The van der Waals surface area contributed by atoms with Crippen LogP contribution in [0.1, 0.15) is 37.7 Å². The molecule has 0 aliphatic heterocycles. The normalized spacial score (nSPS) is 12.8. The van der Waals surface area contributed by atoms with E-state index in [9.17, 15) is 4.39 Å². The minimum atomic E-state index is -0.393. The molecule has 0 spiro atoms. The van der Waals surface area contributed by atoms with Gasteiger partial charge in [-0.3, -0.25) is 9.36 Å². The molecule has 0 saturated heterocycles. The van der Waals surface area contributed by atoms with Gasteiger partial charge in [-0.15, -0.1) is 0 Å². The first-order valence-electron chi connectivity index (χ1n) is 7.06. The van der Waals surface area contributed by atoms with Crippen LogP contribution in [0.25, 0.3) is 0 Å². The van der Waals surface area contributed by atoms with Crippen LogP contribution in [0.3, 0.4) is 0 Å². The second kappa shape index (κ2) is 7.19. The van der Waals surface area contributed by atoms with Gasteiger partial charge in [0.15, 0.2) is 0 Å². The van der Waals surface area contributed by atoms with E-state index in [1.165, 1.54) is 0 Å². The summed E-state index contributed by atoms with van der Waals surface area (Å²) in [5.41, 5.74) is 2.16. The van der Waals surface area contributed by atoms with Gasteiger partial charge in [-0.05, 0) is 25.5 Å². The molecular formula is C14H22FN5.